The van der Waals surface area contributed by atoms with E-state index in [-0.39, 0.29) is 0 Å². The minimum Gasteiger partial charge on any atom is -0.353 e. The maximum Gasteiger partial charge on any atom is 0.133 e. The third kappa shape index (κ3) is 3.45. The first kappa shape index (κ1) is 13.3. The summed E-state index contributed by atoms with van der Waals surface area (Å²) in [5, 5.41) is 3.48. The molecule has 0 atom stereocenters. The fourth-order valence-corrected chi connectivity index (χ4v) is 2.32. The van der Waals surface area contributed by atoms with Gasteiger partial charge < -0.3 is 10.2 Å². The van der Waals surface area contributed by atoms with Crippen molar-refractivity contribution in [3.8, 4) is 0 Å². The molecule has 100 valence electrons. The number of nitrogens with one attached hydrogen (secondary N) is 1. The number of hydrogen-bond donors (Lipinski definition) is 1. The summed E-state index contributed by atoms with van der Waals surface area (Å²) < 4.78 is 0. The van der Waals surface area contributed by atoms with Crippen molar-refractivity contribution in [2.75, 3.05) is 18.0 Å². The zero-order chi connectivity index (χ0) is 12.8. The van der Waals surface area contributed by atoms with Crippen LogP contribution in [-0.4, -0.2) is 24.1 Å². The van der Waals surface area contributed by atoms with Gasteiger partial charge >= 0.3 is 0 Å². The number of pyridine rings is 1. The Morgan fingerprint density at radius 3 is 2.83 bits per heavy atom. The molecule has 1 fully saturated rings. The second-order valence-corrected chi connectivity index (χ2v) is 5.09. The molecule has 0 amide bonds. The van der Waals surface area contributed by atoms with E-state index in [9.17, 15) is 0 Å². The van der Waals surface area contributed by atoms with Gasteiger partial charge in [-0.2, -0.15) is 0 Å². The molecule has 1 saturated carbocycles. The molecule has 0 bridgehead atoms. The third-order valence-corrected chi connectivity index (χ3v) is 3.33. The molecule has 1 aromatic rings. The minimum atomic E-state index is 0.741. The smallest absolute Gasteiger partial charge is 0.133 e. The molecule has 0 aliphatic heterocycles. The quantitative estimate of drug-likeness (QED) is 0.716. The number of anilines is 1. The van der Waals surface area contributed by atoms with Crippen molar-refractivity contribution in [1.29, 1.82) is 0 Å². The van der Waals surface area contributed by atoms with E-state index in [0.717, 1.165) is 25.7 Å². The van der Waals surface area contributed by atoms with Crippen molar-refractivity contribution < 1.29 is 0 Å². The SMILES string of the molecule is CCCNCc1cccnc1N(CCC)C1CC1. The van der Waals surface area contributed by atoms with E-state index in [1.165, 1.54) is 37.1 Å². The van der Waals surface area contributed by atoms with Crippen LogP contribution < -0.4 is 10.2 Å². The lowest BCUT2D eigenvalue weighted by molar-refractivity contribution is 0.666. The van der Waals surface area contributed by atoms with E-state index < -0.39 is 0 Å². The van der Waals surface area contributed by atoms with Gasteiger partial charge in [0, 0.05) is 30.9 Å². The van der Waals surface area contributed by atoms with Gasteiger partial charge in [-0.15, -0.1) is 0 Å². The van der Waals surface area contributed by atoms with Crippen molar-refractivity contribution in [3.05, 3.63) is 23.9 Å². The Hall–Kier alpha value is -1.09. The maximum absolute atomic E-state index is 4.62. The Balaban J connectivity index is 2.08. The second kappa shape index (κ2) is 6.74. The van der Waals surface area contributed by atoms with Gasteiger partial charge in [0.1, 0.15) is 5.82 Å². The molecule has 1 aromatic heterocycles. The van der Waals surface area contributed by atoms with Crippen LogP contribution in [0.3, 0.4) is 0 Å². The number of rotatable bonds is 8. The van der Waals surface area contributed by atoms with Gasteiger partial charge in [-0.25, -0.2) is 4.98 Å². The van der Waals surface area contributed by atoms with Crippen LogP contribution in [0.5, 0.6) is 0 Å². The van der Waals surface area contributed by atoms with E-state index in [4.69, 9.17) is 0 Å². The van der Waals surface area contributed by atoms with Crippen LogP contribution >= 0.6 is 0 Å². The highest BCUT2D eigenvalue weighted by atomic mass is 15.2. The van der Waals surface area contributed by atoms with Gasteiger partial charge in [-0.1, -0.05) is 19.9 Å². The van der Waals surface area contributed by atoms with Crippen molar-refractivity contribution in [1.82, 2.24) is 10.3 Å². The number of hydrogen-bond acceptors (Lipinski definition) is 3. The third-order valence-electron chi connectivity index (χ3n) is 3.33. The summed E-state index contributed by atoms with van der Waals surface area (Å²) >= 11 is 0. The van der Waals surface area contributed by atoms with Gasteiger partial charge in [0.2, 0.25) is 0 Å². The summed E-state index contributed by atoms with van der Waals surface area (Å²) in [6.07, 6.45) is 6.95. The van der Waals surface area contributed by atoms with Crippen molar-refractivity contribution in [2.45, 2.75) is 52.1 Å². The lowest BCUT2D eigenvalue weighted by Gasteiger charge is -2.25. The summed E-state index contributed by atoms with van der Waals surface area (Å²) in [4.78, 5) is 7.13. The normalized spacial score (nSPS) is 14.8. The fraction of sp³-hybridized carbons (Fsp3) is 0.667. The molecule has 1 aliphatic rings. The van der Waals surface area contributed by atoms with Crippen LogP contribution in [0, 0.1) is 0 Å². The molecule has 18 heavy (non-hydrogen) atoms. The van der Waals surface area contributed by atoms with Crippen molar-refractivity contribution in [3.63, 3.8) is 0 Å². The first-order valence-electron chi connectivity index (χ1n) is 7.28. The van der Waals surface area contributed by atoms with E-state index in [1.807, 2.05) is 12.3 Å². The highest BCUT2D eigenvalue weighted by molar-refractivity contribution is 5.48. The summed E-state index contributed by atoms with van der Waals surface area (Å²) in [7, 11) is 0. The molecule has 1 heterocycles. The number of aromatic nitrogens is 1. The molecule has 0 spiro atoms. The van der Waals surface area contributed by atoms with Crippen LogP contribution in [0.2, 0.25) is 0 Å². The highest BCUT2D eigenvalue weighted by Gasteiger charge is 2.30. The maximum atomic E-state index is 4.62. The average molecular weight is 247 g/mol. The monoisotopic (exact) mass is 247 g/mol. The topological polar surface area (TPSA) is 28.2 Å². The summed E-state index contributed by atoms with van der Waals surface area (Å²) in [5.74, 6) is 1.20. The lowest BCUT2D eigenvalue weighted by Crippen LogP contribution is -2.29. The molecule has 3 nitrogen and oxygen atoms in total. The van der Waals surface area contributed by atoms with Crippen LogP contribution in [0.1, 0.15) is 45.1 Å². The van der Waals surface area contributed by atoms with Gasteiger partial charge in [-0.3, -0.25) is 0 Å². The minimum absolute atomic E-state index is 0.741. The van der Waals surface area contributed by atoms with Crippen molar-refractivity contribution in [2.24, 2.45) is 0 Å². The van der Waals surface area contributed by atoms with Gasteiger partial charge in [0.15, 0.2) is 0 Å². The standard InChI is InChI=1S/C15H25N3/c1-3-9-16-12-13-6-5-10-17-15(13)18(11-4-2)14-7-8-14/h5-6,10,14,16H,3-4,7-9,11-12H2,1-2H3. The summed E-state index contributed by atoms with van der Waals surface area (Å²) in [5.41, 5.74) is 1.34. The zero-order valence-electron chi connectivity index (χ0n) is 11.7. The Morgan fingerprint density at radius 1 is 1.33 bits per heavy atom. The van der Waals surface area contributed by atoms with Crippen LogP contribution in [0.4, 0.5) is 5.82 Å². The van der Waals surface area contributed by atoms with Crippen LogP contribution in [0.15, 0.2) is 18.3 Å². The summed E-state index contributed by atoms with van der Waals surface area (Å²) in [6.45, 7) is 7.58. The molecular weight excluding hydrogens is 222 g/mol. The van der Waals surface area contributed by atoms with Crippen molar-refractivity contribution >= 4 is 5.82 Å². The molecule has 0 radical (unpaired) electrons. The van der Waals surface area contributed by atoms with E-state index >= 15 is 0 Å². The fourth-order valence-electron chi connectivity index (χ4n) is 2.32. The lowest BCUT2D eigenvalue weighted by atomic mass is 10.2. The Labute approximate surface area is 111 Å². The van der Waals surface area contributed by atoms with E-state index in [2.05, 4.69) is 35.1 Å². The molecule has 0 aromatic carbocycles. The van der Waals surface area contributed by atoms with Crippen LogP contribution in [0.25, 0.3) is 0 Å². The molecule has 1 aliphatic carbocycles. The Kier molecular flexibility index (Phi) is 5.00. The Morgan fingerprint density at radius 2 is 2.17 bits per heavy atom. The van der Waals surface area contributed by atoms with E-state index in [0.29, 0.717) is 0 Å². The first-order chi connectivity index (χ1) is 8.86. The second-order valence-electron chi connectivity index (χ2n) is 5.09. The van der Waals surface area contributed by atoms with Crippen LogP contribution in [-0.2, 0) is 6.54 Å². The average Bonchev–Trinajstić information content (AvgIpc) is 3.21. The molecule has 3 heteroatoms. The predicted octanol–water partition coefficient (Wildman–Crippen LogP) is 2.96. The predicted molar refractivity (Wildman–Crippen MR) is 76.9 cm³/mol. The van der Waals surface area contributed by atoms with Gasteiger partial charge in [0.25, 0.3) is 0 Å². The molecular formula is C15H25N3. The molecule has 1 N–H and O–H groups in total. The molecule has 0 saturated heterocycles. The summed E-state index contributed by atoms with van der Waals surface area (Å²) in [6, 6.07) is 4.99. The Bertz CT molecular complexity index is 361. The zero-order valence-corrected chi connectivity index (χ0v) is 11.7. The molecule has 0 unspecified atom stereocenters. The van der Waals surface area contributed by atoms with Gasteiger partial charge in [-0.05, 0) is 38.3 Å². The molecule has 2 rings (SSSR count). The number of nitrogens with zero attached hydrogens (tertiary/aromatic N) is 2. The van der Waals surface area contributed by atoms with E-state index in [1.54, 1.807) is 0 Å². The largest absolute Gasteiger partial charge is 0.353 e. The van der Waals surface area contributed by atoms with Gasteiger partial charge in [0.05, 0.1) is 0 Å². The first-order valence-corrected chi connectivity index (χ1v) is 7.28. The highest BCUT2D eigenvalue weighted by Crippen LogP contribution is 2.32.